The molecule has 0 radical (unpaired) electrons. The number of amides is 2. The molecule has 0 aromatic heterocycles. The molecule has 182 valence electrons. The largest absolute Gasteiger partial charge is 0.468 e. The van der Waals surface area contributed by atoms with Crippen LogP contribution in [-0.2, 0) is 23.8 Å². The minimum atomic E-state index is -0.967. The smallest absolute Gasteiger partial charge is 0.411 e. The van der Waals surface area contributed by atoms with E-state index in [-0.39, 0.29) is 18.0 Å². The van der Waals surface area contributed by atoms with Crippen LogP contribution in [0.2, 0.25) is 0 Å². The van der Waals surface area contributed by atoms with E-state index in [1.165, 1.54) is 16.9 Å². The number of methoxy groups -OCH3 is 1. The van der Waals surface area contributed by atoms with Gasteiger partial charge in [-0.25, -0.2) is 13.6 Å². The van der Waals surface area contributed by atoms with E-state index in [0.717, 1.165) is 18.2 Å². The average molecular weight is 468 g/mol. The van der Waals surface area contributed by atoms with Gasteiger partial charge in [0.2, 0.25) is 5.91 Å². The molecule has 1 aromatic rings. The summed E-state index contributed by atoms with van der Waals surface area (Å²) in [6.07, 6.45) is 0.383. The van der Waals surface area contributed by atoms with E-state index < -0.39 is 53.8 Å². The van der Waals surface area contributed by atoms with Gasteiger partial charge in [-0.1, -0.05) is 0 Å². The molecule has 1 aromatic carbocycles. The van der Waals surface area contributed by atoms with Crippen LogP contribution in [0.15, 0.2) is 18.2 Å². The van der Waals surface area contributed by atoms with E-state index in [2.05, 4.69) is 0 Å². The summed E-state index contributed by atoms with van der Waals surface area (Å²) < 4.78 is 43.8. The van der Waals surface area contributed by atoms with Crippen LogP contribution in [0.5, 0.6) is 0 Å². The van der Waals surface area contributed by atoms with Gasteiger partial charge in [0.25, 0.3) is 0 Å². The van der Waals surface area contributed by atoms with E-state index in [1.807, 2.05) is 0 Å². The molecule has 10 heteroatoms. The number of carbonyl (C=O) groups is 3. The Labute approximate surface area is 191 Å². The van der Waals surface area contributed by atoms with Crippen molar-refractivity contribution in [3.8, 4) is 0 Å². The van der Waals surface area contributed by atoms with Crippen LogP contribution in [0.1, 0.15) is 45.2 Å². The van der Waals surface area contributed by atoms with Crippen LogP contribution >= 0.6 is 0 Å². The lowest BCUT2D eigenvalue weighted by Crippen LogP contribution is -2.63. The second kappa shape index (κ2) is 10.0. The molecule has 33 heavy (non-hydrogen) atoms. The fraction of sp³-hybridized carbons (Fsp3) is 0.609. The predicted octanol–water partition coefficient (Wildman–Crippen LogP) is 3.05. The molecular weight excluding hydrogens is 438 g/mol. The van der Waals surface area contributed by atoms with Crippen LogP contribution in [0, 0.1) is 17.6 Å². The number of ether oxygens (including phenoxy) is 3. The van der Waals surface area contributed by atoms with E-state index in [1.54, 1.807) is 20.8 Å². The summed E-state index contributed by atoms with van der Waals surface area (Å²) in [4.78, 5) is 41.6. The summed E-state index contributed by atoms with van der Waals surface area (Å²) in [5.41, 5.74) is -0.687. The average Bonchev–Trinajstić information content (AvgIpc) is 2.73. The molecule has 8 nitrogen and oxygen atoms in total. The first-order chi connectivity index (χ1) is 15.5. The van der Waals surface area contributed by atoms with Crippen molar-refractivity contribution in [2.45, 2.75) is 51.3 Å². The Morgan fingerprint density at radius 2 is 1.73 bits per heavy atom. The van der Waals surface area contributed by atoms with Crippen molar-refractivity contribution in [2.24, 2.45) is 5.92 Å². The molecule has 2 aliphatic heterocycles. The molecule has 2 saturated heterocycles. The van der Waals surface area contributed by atoms with Crippen LogP contribution in [0.25, 0.3) is 0 Å². The lowest BCUT2D eigenvalue weighted by Gasteiger charge is -2.48. The Kier molecular flexibility index (Phi) is 7.56. The quantitative estimate of drug-likeness (QED) is 0.632. The summed E-state index contributed by atoms with van der Waals surface area (Å²) in [5.74, 6) is -3.05. The summed E-state index contributed by atoms with van der Waals surface area (Å²) in [6, 6.07) is 1.03. The maximum atomic E-state index is 14.0. The van der Waals surface area contributed by atoms with Gasteiger partial charge >= 0.3 is 12.1 Å². The lowest BCUT2D eigenvalue weighted by molar-refractivity contribution is -0.158. The molecule has 0 bridgehead atoms. The number of esters is 1. The van der Waals surface area contributed by atoms with Crippen LogP contribution in [0.3, 0.4) is 0 Å². The van der Waals surface area contributed by atoms with Gasteiger partial charge in [0, 0.05) is 25.8 Å². The molecule has 3 rings (SSSR count). The van der Waals surface area contributed by atoms with Gasteiger partial charge in [-0.3, -0.25) is 14.5 Å². The maximum Gasteiger partial charge on any atom is 0.411 e. The number of hydrogen-bond acceptors (Lipinski definition) is 6. The highest BCUT2D eigenvalue weighted by Gasteiger charge is 2.48. The van der Waals surface area contributed by atoms with Crippen molar-refractivity contribution in [1.82, 2.24) is 9.80 Å². The van der Waals surface area contributed by atoms with E-state index in [0.29, 0.717) is 26.1 Å². The van der Waals surface area contributed by atoms with Gasteiger partial charge < -0.3 is 19.1 Å². The van der Waals surface area contributed by atoms with E-state index in [9.17, 15) is 23.2 Å². The minimum absolute atomic E-state index is 0.0947. The molecule has 0 spiro atoms. The third-order valence-corrected chi connectivity index (χ3v) is 5.75. The van der Waals surface area contributed by atoms with Crippen molar-refractivity contribution in [2.75, 3.05) is 33.4 Å². The number of piperazine rings is 1. The molecule has 2 heterocycles. The Morgan fingerprint density at radius 3 is 2.27 bits per heavy atom. The second-order valence-corrected chi connectivity index (χ2v) is 9.29. The van der Waals surface area contributed by atoms with Gasteiger partial charge in [0.1, 0.15) is 29.8 Å². The highest BCUT2D eigenvalue weighted by Crippen LogP contribution is 2.36. The normalized spacial score (nSPS) is 22.3. The van der Waals surface area contributed by atoms with Crippen molar-refractivity contribution in [3.63, 3.8) is 0 Å². The van der Waals surface area contributed by atoms with Gasteiger partial charge in [-0.2, -0.15) is 0 Å². The standard InChI is InChI=1S/C23H30F2N2O6/c1-23(2,3)33-22(30)27-12-18(15-9-16(24)11-17(25)10-15)26(13-19(28)31-4)21(29)20(27)14-5-7-32-8-6-14/h9-11,14,18,20H,5-8,12-13H2,1-4H3. The monoisotopic (exact) mass is 468 g/mol. The van der Waals surface area contributed by atoms with Crippen LogP contribution in [-0.4, -0.2) is 72.8 Å². The Hall–Kier alpha value is -2.75. The molecule has 0 N–H and O–H groups in total. The summed E-state index contributed by atoms with van der Waals surface area (Å²) >= 11 is 0. The third-order valence-electron chi connectivity index (χ3n) is 5.75. The zero-order valence-electron chi connectivity index (χ0n) is 19.3. The Morgan fingerprint density at radius 1 is 1.12 bits per heavy atom. The molecular formula is C23H30F2N2O6. The Balaban J connectivity index is 2.05. The molecule has 2 aliphatic rings. The van der Waals surface area contributed by atoms with E-state index >= 15 is 0 Å². The third kappa shape index (κ3) is 5.98. The highest BCUT2D eigenvalue weighted by atomic mass is 19.1. The van der Waals surface area contributed by atoms with Crippen LogP contribution in [0.4, 0.5) is 13.6 Å². The number of halogens is 2. The fourth-order valence-electron chi connectivity index (χ4n) is 4.30. The summed E-state index contributed by atoms with van der Waals surface area (Å²) in [5, 5.41) is 0. The summed E-state index contributed by atoms with van der Waals surface area (Å²) in [7, 11) is 1.19. The Bertz CT molecular complexity index is 877. The highest BCUT2D eigenvalue weighted by molar-refractivity contribution is 5.90. The molecule has 2 unspecified atom stereocenters. The van der Waals surface area contributed by atoms with Crippen LogP contribution < -0.4 is 0 Å². The molecule has 0 saturated carbocycles. The lowest BCUT2D eigenvalue weighted by atomic mass is 9.86. The van der Waals surface area contributed by atoms with Gasteiger partial charge in [0.05, 0.1) is 13.2 Å². The minimum Gasteiger partial charge on any atom is -0.468 e. The first-order valence-corrected chi connectivity index (χ1v) is 10.9. The predicted molar refractivity (Wildman–Crippen MR) is 113 cm³/mol. The van der Waals surface area contributed by atoms with Crippen molar-refractivity contribution in [3.05, 3.63) is 35.4 Å². The number of benzene rings is 1. The molecule has 2 atom stereocenters. The fourth-order valence-corrected chi connectivity index (χ4v) is 4.30. The zero-order chi connectivity index (χ0) is 24.3. The molecule has 2 fully saturated rings. The molecule has 2 amide bonds. The number of rotatable bonds is 4. The topological polar surface area (TPSA) is 85.4 Å². The zero-order valence-corrected chi connectivity index (χ0v) is 19.3. The van der Waals surface area contributed by atoms with Gasteiger partial charge in [-0.15, -0.1) is 0 Å². The summed E-state index contributed by atoms with van der Waals surface area (Å²) in [6.45, 7) is 5.50. The van der Waals surface area contributed by atoms with Gasteiger partial charge in [0.15, 0.2) is 0 Å². The van der Waals surface area contributed by atoms with Crippen molar-refractivity contribution < 1.29 is 37.4 Å². The van der Waals surface area contributed by atoms with Gasteiger partial charge in [-0.05, 0) is 57.2 Å². The second-order valence-electron chi connectivity index (χ2n) is 9.29. The SMILES string of the molecule is COC(=O)CN1C(=O)C(C2CCOCC2)N(C(=O)OC(C)(C)C)CC1c1cc(F)cc(F)c1. The number of hydrogen-bond donors (Lipinski definition) is 0. The first kappa shape index (κ1) is 24.9. The first-order valence-electron chi connectivity index (χ1n) is 10.9. The van der Waals surface area contributed by atoms with E-state index in [4.69, 9.17) is 14.2 Å². The number of nitrogens with zero attached hydrogens (tertiary/aromatic N) is 2. The molecule has 0 aliphatic carbocycles. The number of carbonyl (C=O) groups excluding carboxylic acids is 3. The maximum absolute atomic E-state index is 14.0. The van der Waals surface area contributed by atoms with Crippen molar-refractivity contribution >= 4 is 18.0 Å². The van der Waals surface area contributed by atoms with Crippen molar-refractivity contribution in [1.29, 1.82) is 0 Å².